The fraction of sp³-hybridized carbons (Fsp3) is 0.545. The Morgan fingerprint density at radius 3 is 2.67 bits per heavy atom. The van der Waals surface area contributed by atoms with Gasteiger partial charge in [-0.1, -0.05) is 17.7 Å². The van der Waals surface area contributed by atoms with Crippen LogP contribution in [0.2, 0.25) is 0 Å². The fourth-order valence-corrected chi connectivity index (χ4v) is 3.51. The van der Waals surface area contributed by atoms with Crippen LogP contribution >= 0.6 is 24.0 Å². The molecule has 2 aromatic rings. The minimum atomic E-state index is 0. The van der Waals surface area contributed by atoms with Crippen molar-refractivity contribution in [2.45, 2.75) is 38.8 Å². The number of aromatic nitrogens is 1. The van der Waals surface area contributed by atoms with Crippen LogP contribution in [0.15, 0.2) is 39.9 Å². The topological polar surface area (TPSA) is 74.9 Å². The Hall–Kier alpha value is -1.65. The van der Waals surface area contributed by atoms with Gasteiger partial charge in [-0.15, -0.1) is 24.0 Å². The maximum Gasteiger partial charge on any atom is 0.226 e. The Morgan fingerprint density at radius 2 is 2.00 bits per heavy atom. The van der Waals surface area contributed by atoms with Crippen LogP contribution in [0.1, 0.15) is 30.5 Å². The second-order valence-electron chi connectivity index (χ2n) is 7.54. The molecule has 1 aliphatic heterocycles. The molecule has 30 heavy (non-hydrogen) atoms. The summed E-state index contributed by atoms with van der Waals surface area (Å²) in [5.74, 6) is 1.45. The highest BCUT2D eigenvalue weighted by atomic mass is 127. The molecule has 0 unspecified atom stereocenters. The molecular formula is C22H34IN5O2. The van der Waals surface area contributed by atoms with Crippen molar-refractivity contribution in [3.63, 3.8) is 0 Å². The number of halogens is 1. The molecule has 0 bridgehead atoms. The Morgan fingerprint density at radius 1 is 1.27 bits per heavy atom. The van der Waals surface area contributed by atoms with E-state index in [2.05, 4.69) is 44.6 Å². The van der Waals surface area contributed by atoms with Gasteiger partial charge in [-0.3, -0.25) is 4.99 Å². The number of benzene rings is 1. The van der Waals surface area contributed by atoms with Gasteiger partial charge in [0.1, 0.15) is 6.26 Å². The largest absolute Gasteiger partial charge is 0.444 e. The Labute approximate surface area is 196 Å². The van der Waals surface area contributed by atoms with Crippen molar-refractivity contribution in [1.29, 1.82) is 0 Å². The number of hydrogen-bond acceptors (Lipinski definition) is 5. The van der Waals surface area contributed by atoms with E-state index in [0.717, 1.165) is 62.7 Å². The van der Waals surface area contributed by atoms with E-state index in [1.165, 1.54) is 5.56 Å². The van der Waals surface area contributed by atoms with Gasteiger partial charge >= 0.3 is 0 Å². The number of oxazole rings is 1. The summed E-state index contributed by atoms with van der Waals surface area (Å²) >= 11 is 0. The highest BCUT2D eigenvalue weighted by Gasteiger charge is 2.19. The van der Waals surface area contributed by atoms with Gasteiger partial charge in [-0.2, -0.15) is 0 Å². The van der Waals surface area contributed by atoms with Crippen molar-refractivity contribution in [3.05, 3.63) is 41.8 Å². The van der Waals surface area contributed by atoms with E-state index in [0.29, 0.717) is 18.5 Å². The monoisotopic (exact) mass is 527 g/mol. The van der Waals surface area contributed by atoms with Gasteiger partial charge < -0.3 is 24.7 Å². The molecule has 0 radical (unpaired) electrons. The van der Waals surface area contributed by atoms with E-state index in [9.17, 15) is 0 Å². The van der Waals surface area contributed by atoms with Crippen molar-refractivity contribution in [2.75, 3.05) is 40.4 Å². The number of piperidine rings is 1. The first-order valence-corrected chi connectivity index (χ1v) is 10.4. The number of rotatable bonds is 8. The van der Waals surface area contributed by atoms with E-state index < -0.39 is 0 Å². The lowest BCUT2D eigenvalue weighted by Crippen LogP contribution is -2.48. The van der Waals surface area contributed by atoms with E-state index in [1.807, 2.05) is 12.1 Å². The third-order valence-electron chi connectivity index (χ3n) is 5.26. The van der Waals surface area contributed by atoms with Gasteiger partial charge in [0.2, 0.25) is 5.89 Å². The van der Waals surface area contributed by atoms with Crippen LogP contribution in [0.4, 0.5) is 0 Å². The van der Waals surface area contributed by atoms with Gasteiger partial charge in [-0.25, -0.2) is 4.98 Å². The SMILES string of the molecule is CN=C(NCc1coc(-c2ccc(C)cc2)n1)NC1CCN(CCCOC)CC1.I. The molecule has 1 aliphatic rings. The maximum absolute atomic E-state index is 5.63. The first kappa shape index (κ1) is 24.6. The van der Waals surface area contributed by atoms with Gasteiger partial charge in [0.05, 0.1) is 12.2 Å². The zero-order valence-corrected chi connectivity index (χ0v) is 20.5. The molecule has 0 atom stereocenters. The molecule has 1 aromatic carbocycles. The summed E-state index contributed by atoms with van der Waals surface area (Å²) in [4.78, 5) is 11.4. The molecule has 2 heterocycles. The lowest BCUT2D eigenvalue weighted by Gasteiger charge is -2.33. The molecule has 0 amide bonds. The van der Waals surface area contributed by atoms with Crippen LogP contribution in [-0.4, -0.2) is 62.3 Å². The average molecular weight is 527 g/mol. The Bertz CT molecular complexity index is 770. The predicted molar refractivity (Wildman–Crippen MR) is 131 cm³/mol. The first-order chi connectivity index (χ1) is 14.2. The van der Waals surface area contributed by atoms with Gasteiger partial charge in [0.15, 0.2) is 5.96 Å². The molecule has 3 rings (SSSR count). The van der Waals surface area contributed by atoms with Crippen LogP contribution in [-0.2, 0) is 11.3 Å². The standard InChI is InChI=1S/C22H33N5O2.HI/c1-17-5-7-18(8-6-17)21-25-20(16-29-21)15-24-22(23-2)26-19-9-12-27(13-10-19)11-4-14-28-3;/h5-8,16,19H,4,9-15H2,1-3H3,(H2,23,24,26);1H. The highest BCUT2D eigenvalue weighted by molar-refractivity contribution is 14.0. The maximum atomic E-state index is 5.63. The number of nitrogens with one attached hydrogen (secondary N) is 2. The molecule has 0 aliphatic carbocycles. The molecule has 7 nitrogen and oxygen atoms in total. The van der Waals surface area contributed by atoms with Crippen molar-refractivity contribution in [1.82, 2.24) is 20.5 Å². The number of likely N-dealkylation sites (tertiary alicyclic amines) is 1. The van der Waals surface area contributed by atoms with E-state index in [1.54, 1.807) is 20.4 Å². The van der Waals surface area contributed by atoms with E-state index in [4.69, 9.17) is 9.15 Å². The Balaban J connectivity index is 0.00000320. The zero-order chi connectivity index (χ0) is 20.5. The number of methoxy groups -OCH3 is 1. The summed E-state index contributed by atoms with van der Waals surface area (Å²) in [6, 6.07) is 8.62. The lowest BCUT2D eigenvalue weighted by molar-refractivity contribution is 0.155. The molecule has 0 spiro atoms. The second kappa shape index (κ2) is 12.9. The van der Waals surface area contributed by atoms with Crippen LogP contribution in [0.5, 0.6) is 0 Å². The number of nitrogens with zero attached hydrogens (tertiary/aromatic N) is 3. The molecule has 1 aromatic heterocycles. The summed E-state index contributed by atoms with van der Waals surface area (Å²) in [5, 5.41) is 6.88. The summed E-state index contributed by atoms with van der Waals surface area (Å²) in [7, 11) is 3.56. The number of aryl methyl sites for hydroxylation is 1. The number of hydrogen-bond donors (Lipinski definition) is 2. The van der Waals surface area contributed by atoms with E-state index >= 15 is 0 Å². The third-order valence-corrected chi connectivity index (χ3v) is 5.26. The second-order valence-corrected chi connectivity index (χ2v) is 7.54. The number of ether oxygens (including phenoxy) is 1. The quantitative estimate of drug-likeness (QED) is 0.237. The van der Waals surface area contributed by atoms with Crippen molar-refractivity contribution in [2.24, 2.45) is 4.99 Å². The van der Waals surface area contributed by atoms with Gasteiger partial charge in [0.25, 0.3) is 0 Å². The molecule has 8 heteroatoms. The smallest absolute Gasteiger partial charge is 0.226 e. The van der Waals surface area contributed by atoms with Crippen LogP contribution in [0.3, 0.4) is 0 Å². The van der Waals surface area contributed by atoms with Crippen molar-refractivity contribution in [3.8, 4) is 11.5 Å². The normalized spacial score (nSPS) is 15.6. The van der Waals surface area contributed by atoms with Crippen molar-refractivity contribution >= 4 is 29.9 Å². The van der Waals surface area contributed by atoms with Crippen LogP contribution < -0.4 is 10.6 Å². The highest BCUT2D eigenvalue weighted by Crippen LogP contribution is 2.19. The third kappa shape index (κ3) is 7.55. The zero-order valence-electron chi connectivity index (χ0n) is 18.2. The first-order valence-electron chi connectivity index (χ1n) is 10.4. The van der Waals surface area contributed by atoms with Crippen LogP contribution in [0.25, 0.3) is 11.5 Å². The lowest BCUT2D eigenvalue weighted by atomic mass is 10.1. The minimum Gasteiger partial charge on any atom is -0.444 e. The van der Waals surface area contributed by atoms with Gasteiger partial charge in [0, 0.05) is 52.0 Å². The minimum absolute atomic E-state index is 0. The van der Waals surface area contributed by atoms with Crippen LogP contribution in [0, 0.1) is 6.92 Å². The van der Waals surface area contributed by atoms with Gasteiger partial charge in [-0.05, 0) is 38.3 Å². The summed E-state index contributed by atoms with van der Waals surface area (Å²) in [5.41, 5.74) is 3.07. The molecule has 0 saturated carbocycles. The summed E-state index contributed by atoms with van der Waals surface area (Å²) < 4.78 is 10.8. The molecule has 2 N–H and O–H groups in total. The van der Waals surface area contributed by atoms with E-state index in [-0.39, 0.29) is 24.0 Å². The summed E-state index contributed by atoms with van der Waals surface area (Å²) in [6.07, 6.45) is 5.04. The fourth-order valence-electron chi connectivity index (χ4n) is 3.51. The molecule has 1 saturated heterocycles. The summed E-state index contributed by atoms with van der Waals surface area (Å²) in [6.45, 7) is 6.82. The Kier molecular flexibility index (Phi) is 10.6. The molecule has 1 fully saturated rings. The molecule has 166 valence electrons. The average Bonchev–Trinajstić information content (AvgIpc) is 3.22. The predicted octanol–water partition coefficient (Wildman–Crippen LogP) is 3.43. The number of guanidine groups is 1. The number of aliphatic imine (C=N–C) groups is 1. The van der Waals surface area contributed by atoms with Crippen molar-refractivity contribution < 1.29 is 9.15 Å². The molecular weight excluding hydrogens is 493 g/mol.